The van der Waals surface area contributed by atoms with E-state index >= 15 is 0 Å². The maximum atomic E-state index is 2.19. The lowest BCUT2D eigenvalue weighted by Gasteiger charge is -1.81. The van der Waals surface area contributed by atoms with Crippen LogP contribution < -0.4 is 0 Å². The molecule has 0 aliphatic carbocycles. The predicted molar refractivity (Wildman–Crippen MR) is 33.0 cm³/mol. The van der Waals surface area contributed by atoms with Crippen LogP contribution in [0, 0.1) is 0 Å². The lowest BCUT2D eigenvalue weighted by Crippen LogP contribution is -1.74. The molecule has 0 radical (unpaired) electrons. The number of thioether (sulfide) groups is 1. The fourth-order valence-corrected chi connectivity index (χ4v) is 4.54. The summed E-state index contributed by atoms with van der Waals surface area (Å²) in [5, 5.41) is 1.14. The third kappa shape index (κ3) is 0.418. The molecule has 0 saturated carbocycles. The Labute approximate surface area is 43.9 Å². The summed E-state index contributed by atoms with van der Waals surface area (Å²) in [5.74, 6) is 0. The Morgan fingerprint density at radius 1 is 1.67 bits per heavy atom. The Morgan fingerprint density at radius 2 is 2.67 bits per heavy atom. The normalized spacial score (nSPS) is 56.0. The molecule has 2 fully saturated rings. The molecule has 2 rings (SSSR count). The van der Waals surface area contributed by atoms with Crippen LogP contribution in [0.1, 0.15) is 6.42 Å². The van der Waals surface area contributed by atoms with E-state index in [1.54, 1.807) is 6.16 Å². The van der Waals surface area contributed by atoms with Crippen molar-refractivity contribution in [3.05, 3.63) is 0 Å². The number of hydrogen-bond donors (Lipinski definition) is 0. The summed E-state index contributed by atoms with van der Waals surface area (Å²) in [6.45, 7) is 0. The first-order chi connectivity index (χ1) is 2.97. The minimum atomic E-state index is 1.14. The highest BCUT2D eigenvalue weighted by Crippen LogP contribution is 2.59. The summed E-state index contributed by atoms with van der Waals surface area (Å²) in [6.07, 6.45) is 3.08. The van der Waals surface area contributed by atoms with Gasteiger partial charge in [-0.1, -0.05) is 0 Å². The summed E-state index contributed by atoms with van der Waals surface area (Å²) >= 11 is 2.19. The molecular formula is C4H7PS. The Bertz CT molecular complexity index is 65.9. The molecule has 2 heterocycles. The fourth-order valence-electron chi connectivity index (χ4n) is 0.910. The minimum absolute atomic E-state index is 1.14. The van der Waals surface area contributed by atoms with Gasteiger partial charge in [0.15, 0.2) is 0 Å². The Morgan fingerprint density at radius 3 is 2.83 bits per heavy atom. The molecule has 0 N–H and O–H groups in total. The second-order valence-corrected chi connectivity index (χ2v) is 5.17. The van der Waals surface area contributed by atoms with Crippen LogP contribution in [0.4, 0.5) is 0 Å². The number of rotatable bonds is 0. The van der Waals surface area contributed by atoms with Gasteiger partial charge in [0.1, 0.15) is 0 Å². The van der Waals surface area contributed by atoms with Crippen molar-refractivity contribution in [2.75, 3.05) is 6.16 Å². The molecule has 3 unspecified atom stereocenters. The highest BCUT2D eigenvalue weighted by Gasteiger charge is 2.41. The van der Waals surface area contributed by atoms with E-state index in [9.17, 15) is 0 Å². The van der Waals surface area contributed by atoms with E-state index in [0.29, 0.717) is 0 Å². The largest absolute Gasteiger partial charge is 0.148 e. The standard InChI is InChI=1S/C4H7PS/c1-2-5-4-3(1)6-4/h3-5H,1-2H2. The number of hydrogen-bond acceptors (Lipinski definition) is 1. The third-order valence-corrected chi connectivity index (χ3v) is 5.05. The van der Waals surface area contributed by atoms with E-state index in [4.69, 9.17) is 0 Å². The topological polar surface area (TPSA) is 0 Å². The van der Waals surface area contributed by atoms with Crippen LogP contribution in [-0.4, -0.2) is 16.4 Å². The maximum Gasteiger partial charge on any atom is 0.0341 e. The van der Waals surface area contributed by atoms with Crippen molar-refractivity contribution in [3.8, 4) is 0 Å². The van der Waals surface area contributed by atoms with Crippen molar-refractivity contribution in [1.29, 1.82) is 0 Å². The summed E-state index contributed by atoms with van der Waals surface area (Å²) in [5.41, 5.74) is 0. The van der Waals surface area contributed by atoms with Crippen LogP contribution in [-0.2, 0) is 0 Å². The van der Waals surface area contributed by atoms with Gasteiger partial charge in [0.05, 0.1) is 0 Å². The molecule has 3 atom stereocenters. The van der Waals surface area contributed by atoms with Crippen molar-refractivity contribution in [1.82, 2.24) is 0 Å². The van der Waals surface area contributed by atoms with Crippen LogP contribution in [0.15, 0.2) is 0 Å². The molecule has 34 valence electrons. The van der Waals surface area contributed by atoms with Crippen molar-refractivity contribution in [2.45, 2.75) is 16.7 Å². The maximum absolute atomic E-state index is 2.19. The van der Waals surface area contributed by atoms with E-state index in [1.807, 2.05) is 0 Å². The van der Waals surface area contributed by atoms with E-state index < -0.39 is 0 Å². The van der Waals surface area contributed by atoms with Gasteiger partial charge in [-0.2, -0.15) is 0 Å². The fraction of sp³-hybridized carbons (Fsp3) is 1.00. The van der Waals surface area contributed by atoms with Crippen LogP contribution in [0.2, 0.25) is 0 Å². The summed E-state index contributed by atoms with van der Waals surface area (Å²) in [6, 6.07) is 0. The quantitative estimate of drug-likeness (QED) is 0.343. The molecular weight excluding hydrogens is 111 g/mol. The monoisotopic (exact) mass is 118 g/mol. The average molecular weight is 118 g/mol. The van der Waals surface area contributed by atoms with Gasteiger partial charge in [0, 0.05) is 10.2 Å². The van der Waals surface area contributed by atoms with Gasteiger partial charge >= 0.3 is 0 Å². The van der Waals surface area contributed by atoms with Crippen molar-refractivity contribution >= 4 is 20.3 Å². The highest BCUT2D eigenvalue weighted by molar-refractivity contribution is 8.13. The first-order valence-electron chi connectivity index (χ1n) is 2.36. The van der Waals surface area contributed by atoms with Crippen molar-refractivity contribution in [2.24, 2.45) is 0 Å². The predicted octanol–water partition coefficient (Wildman–Crippen LogP) is 1.51. The molecule has 0 nitrogen and oxygen atoms in total. The molecule has 2 saturated heterocycles. The minimum Gasteiger partial charge on any atom is -0.148 e. The van der Waals surface area contributed by atoms with Gasteiger partial charge in [-0.15, -0.1) is 20.3 Å². The third-order valence-electron chi connectivity index (χ3n) is 1.36. The van der Waals surface area contributed by atoms with Crippen molar-refractivity contribution in [3.63, 3.8) is 0 Å². The SMILES string of the molecule is C1CC2SC2P1. The van der Waals surface area contributed by atoms with E-state index in [-0.39, 0.29) is 0 Å². The van der Waals surface area contributed by atoms with Gasteiger partial charge in [0.2, 0.25) is 0 Å². The molecule has 6 heavy (non-hydrogen) atoms. The van der Waals surface area contributed by atoms with Gasteiger partial charge < -0.3 is 0 Å². The second kappa shape index (κ2) is 1.14. The molecule has 2 heteroatoms. The number of fused-ring (bicyclic) bond motifs is 1. The molecule has 0 aromatic carbocycles. The molecule has 0 amide bonds. The zero-order valence-electron chi connectivity index (χ0n) is 3.48. The zero-order chi connectivity index (χ0) is 3.98. The van der Waals surface area contributed by atoms with Crippen molar-refractivity contribution < 1.29 is 0 Å². The summed E-state index contributed by atoms with van der Waals surface area (Å²) in [7, 11) is 1.32. The van der Waals surface area contributed by atoms with Gasteiger partial charge in [0.25, 0.3) is 0 Å². The van der Waals surface area contributed by atoms with Crippen LogP contribution >= 0.6 is 20.3 Å². The van der Waals surface area contributed by atoms with Gasteiger partial charge in [-0.25, -0.2) is 0 Å². The summed E-state index contributed by atoms with van der Waals surface area (Å²) < 4.78 is 0. The average Bonchev–Trinajstić information content (AvgIpc) is 2.17. The molecule has 0 aromatic heterocycles. The lowest BCUT2D eigenvalue weighted by molar-refractivity contribution is 1.02. The molecule has 2 aliphatic rings. The van der Waals surface area contributed by atoms with E-state index in [0.717, 1.165) is 10.2 Å². The van der Waals surface area contributed by atoms with Gasteiger partial charge in [-0.3, -0.25) is 0 Å². The van der Waals surface area contributed by atoms with Crippen LogP contribution in [0.5, 0.6) is 0 Å². The smallest absolute Gasteiger partial charge is 0.0341 e. The Kier molecular flexibility index (Phi) is 0.709. The molecule has 2 aliphatic heterocycles. The molecule has 0 spiro atoms. The molecule has 0 bridgehead atoms. The first kappa shape index (κ1) is 3.74. The van der Waals surface area contributed by atoms with Gasteiger partial charge in [-0.05, 0) is 12.6 Å². The lowest BCUT2D eigenvalue weighted by atomic mass is 10.4. The van der Waals surface area contributed by atoms with E-state index in [1.165, 1.54) is 15.0 Å². The zero-order valence-corrected chi connectivity index (χ0v) is 5.29. The highest BCUT2D eigenvalue weighted by atomic mass is 32.2. The second-order valence-electron chi connectivity index (χ2n) is 1.84. The Balaban J connectivity index is 2.09. The Hall–Kier alpha value is 0.780. The van der Waals surface area contributed by atoms with Crippen LogP contribution in [0.3, 0.4) is 0 Å². The van der Waals surface area contributed by atoms with E-state index in [2.05, 4.69) is 11.8 Å². The summed E-state index contributed by atoms with van der Waals surface area (Å²) in [4.78, 5) is 1.16. The van der Waals surface area contributed by atoms with Crippen LogP contribution in [0.25, 0.3) is 0 Å². The first-order valence-corrected chi connectivity index (χ1v) is 4.58. The molecule has 0 aromatic rings.